The summed E-state index contributed by atoms with van der Waals surface area (Å²) in [4.78, 5) is 0. The van der Waals surface area contributed by atoms with E-state index in [-0.39, 0.29) is 0 Å². The fraction of sp³-hybridized carbons (Fsp3) is 0.556. The Morgan fingerprint density at radius 1 is 1.40 bits per heavy atom. The number of hydrogen-bond donors (Lipinski definition) is 0. The molecule has 1 fully saturated rings. The molecule has 0 heterocycles. The van der Waals surface area contributed by atoms with Gasteiger partial charge in [0.15, 0.2) is 0 Å². The Hall–Kier alpha value is 0.363. The van der Waals surface area contributed by atoms with E-state index in [4.69, 9.17) is 0 Å². The van der Waals surface area contributed by atoms with Crippen LogP contribution in [0.3, 0.4) is 0 Å². The van der Waals surface area contributed by atoms with E-state index in [0.29, 0.717) is 0 Å². The Morgan fingerprint density at radius 3 is 3.10 bits per heavy atom. The molecule has 2 atom stereocenters. The normalized spacial score (nSPS) is 37.3. The van der Waals surface area contributed by atoms with E-state index in [0.717, 1.165) is 9.54 Å². The zero-order chi connectivity index (χ0) is 6.97. The molecule has 2 aliphatic rings. The minimum atomic E-state index is 0.939. The van der Waals surface area contributed by atoms with Crippen molar-refractivity contribution >= 4 is 0 Å². The van der Waals surface area contributed by atoms with Gasteiger partial charge in [-0.1, -0.05) is 0 Å². The Morgan fingerprint density at radius 2 is 2.30 bits per heavy atom. The van der Waals surface area contributed by atoms with Crippen LogP contribution in [-0.2, 0) is 24.7 Å². The van der Waals surface area contributed by atoms with Crippen molar-refractivity contribution < 1.29 is 24.7 Å². The summed E-state index contributed by atoms with van der Waals surface area (Å²) in [6, 6.07) is 0. The molecule has 1 saturated carbocycles. The molecular formula is C9H11Zr. The molecule has 1 heteroatoms. The van der Waals surface area contributed by atoms with E-state index < -0.39 is 0 Å². The topological polar surface area (TPSA) is 0 Å². The fourth-order valence-electron chi connectivity index (χ4n) is 1.91. The summed E-state index contributed by atoms with van der Waals surface area (Å²) in [5.41, 5.74) is 1.75. The van der Waals surface area contributed by atoms with E-state index in [1.54, 1.807) is 30.3 Å². The standard InChI is InChI=1S/C9H11.Zr/c1-2-5-9-7-3-6-8(9)4-1;/h1-2,4,6,9H,3,5,7H2;. The summed E-state index contributed by atoms with van der Waals surface area (Å²) in [6.07, 6.45) is 11.1. The first-order valence-corrected chi connectivity index (χ1v) is 5.37. The van der Waals surface area contributed by atoms with E-state index in [2.05, 4.69) is 18.2 Å². The number of fused-ring (bicyclic) bond motifs is 1. The Balaban J connectivity index is 2.25. The van der Waals surface area contributed by atoms with Gasteiger partial charge in [-0.25, -0.2) is 0 Å². The molecule has 0 spiro atoms. The first-order valence-electron chi connectivity index (χ1n) is 3.95. The molecule has 51 valence electrons. The van der Waals surface area contributed by atoms with Crippen LogP contribution in [-0.4, -0.2) is 0 Å². The van der Waals surface area contributed by atoms with Crippen LogP contribution in [0.1, 0.15) is 19.3 Å². The molecule has 2 unspecified atom stereocenters. The predicted octanol–water partition coefficient (Wildman–Crippen LogP) is 2.62. The van der Waals surface area contributed by atoms with Crippen molar-refractivity contribution in [2.45, 2.75) is 22.9 Å². The third-order valence-electron chi connectivity index (χ3n) is 2.52. The van der Waals surface area contributed by atoms with Gasteiger partial charge < -0.3 is 0 Å². The van der Waals surface area contributed by atoms with E-state index in [9.17, 15) is 0 Å². The van der Waals surface area contributed by atoms with Crippen molar-refractivity contribution in [2.24, 2.45) is 5.92 Å². The van der Waals surface area contributed by atoms with Crippen LogP contribution in [0.5, 0.6) is 0 Å². The monoisotopic (exact) mass is 209 g/mol. The molecule has 2 rings (SSSR count). The molecule has 0 aromatic heterocycles. The number of hydrogen-bond acceptors (Lipinski definition) is 0. The Labute approximate surface area is 77.2 Å². The third-order valence-corrected chi connectivity index (χ3v) is 4.05. The van der Waals surface area contributed by atoms with Gasteiger partial charge in [0.2, 0.25) is 0 Å². The first kappa shape index (κ1) is 7.04. The average Bonchev–Trinajstić information content (AvgIpc) is 2.34. The van der Waals surface area contributed by atoms with Crippen molar-refractivity contribution in [1.29, 1.82) is 0 Å². The molecule has 0 nitrogen and oxygen atoms in total. The van der Waals surface area contributed by atoms with Gasteiger partial charge in [-0.2, -0.15) is 0 Å². The van der Waals surface area contributed by atoms with Crippen LogP contribution in [0, 0.1) is 5.92 Å². The SMILES string of the molecule is [Zr][CH]1CCC2CC=CC=C12. The van der Waals surface area contributed by atoms with E-state index >= 15 is 0 Å². The van der Waals surface area contributed by atoms with Crippen LogP contribution in [0.15, 0.2) is 23.8 Å². The average molecular weight is 210 g/mol. The molecule has 0 N–H and O–H groups in total. The second kappa shape index (κ2) is 2.77. The van der Waals surface area contributed by atoms with Crippen molar-refractivity contribution in [3.8, 4) is 0 Å². The zero-order valence-electron chi connectivity index (χ0n) is 6.01. The summed E-state index contributed by atoms with van der Waals surface area (Å²) in [6.45, 7) is 0. The molecule has 0 amide bonds. The minimum absolute atomic E-state index is 0.939. The summed E-state index contributed by atoms with van der Waals surface area (Å²) < 4.78 is 0.960. The summed E-state index contributed by atoms with van der Waals surface area (Å²) in [5, 5.41) is 0. The van der Waals surface area contributed by atoms with Gasteiger partial charge in [0.05, 0.1) is 0 Å². The van der Waals surface area contributed by atoms with Crippen LogP contribution in [0.2, 0.25) is 3.63 Å². The van der Waals surface area contributed by atoms with Gasteiger partial charge in [-0.05, 0) is 0 Å². The van der Waals surface area contributed by atoms with Crippen molar-refractivity contribution in [2.75, 3.05) is 0 Å². The maximum atomic E-state index is 2.35. The van der Waals surface area contributed by atoms with Crippen LogP contribution in [0.25, 0.3) is 0 Å². The molecule has 2 aliphatic carbocycles. The molecular weight excluding hydrogens is 199 g/mol. The van der Waals surface area contributed by atoms with Gasteiger partial charge >= 0.3 is 77.3 Å². The zero-order valence-corrected chi connectivity index (χ0v) is 8.47. The molecule has 0 aliphatic heterocycles. The molecule has 0 saturated heterocycles. The quantitative estimate of drug-likeness (QED) is 0.576. The van der Waals surface area contributed by atoms with Gasteiger partial charge in [0.25, 0.3) is 0 Å². The maximum absolute atomic E-state index is 2.35. The van der Waals surface area contributed by atoms with Crippen molar-refractivity contribution in [1.82, 2.24) is 0 Å². The van der Waals surface area contributed by atoms with Gasteiger partial charge in [-0.15, -0.1) is 0 Å². The number of rotatable bonds is 0. The summed E-state index contributed by atoms with van der Waals surface area (Å²) in [5.74, 6) is 0.939. The van der Waals surface area contributed by atoms with Crippen LogP contribution in [0.4, 0.5) is 0 Å². The van der Waals surface area contributed by atoms with Gasteiger partial charge in [0, 0.05) is 0 Å². The first-order chi connectivity index (χ1) is 4.88. The number of allylic oxidation sites excluding steroid dienone is 4. The molecule has 0 aromatic rings. The van der Waals surface area contributed by atoms with Crippen molar-refractivity contribution in [3.63, 3.8) is 0 Å². The molecule has 0 bridgehead atoms. The van der Waals surface area contributed by atoms with Gasteiger partial charge in [-0.3, -0.25) is 0 Å². The second-order valence-corrected chi connectivity index (χ2v) is 4.87. The molecule has 0 radical (unpaired) electrons. The second-order valence-electron chi connectivity index (χ2n) is 3.16. The van der Waals surface area contributed by atoms with Crippen molar-refractivity contribution in [3.05, 3.63) is 23.8 Å². The summed E-state index contributed by atoms with van der Waals surface area (Å²) >= 11 is 1.72. The Kier molecular flexibility index (Phi) is 1.95. The summed E-state index contributed by atoms with van der Waals surface area (Å²) in [7, 11) is 0. The van der Waals surface area contributed by atoms with Gasteiger partial charge in [0.1, 0.15) is 0 Å². The Bertz CT molecular complexity index is 191. The fourth-order valence-corrected chi connectivity index (χ4v) is 3.14. The third kappa shape index (κ3) is 1.09. The predicted molar refractivity (Wildman–Crippen MR) is 38.3 cm³/mol. The van der Waals surface area contributed by atoms with E-state index in [1.165, 1.54) is 19.3 Å². The van der Waals surface area contributed by atoms with E-state index in [1.807, 2.05) is 0 Å². The van der Waals surface area contributed by atoms with Crippen LogP contribution < -0.4 is 0 Å². The molecule has 10 heavy (non-hydrogen) atoms. The van der Waals surface area contributed by atoms with Crippen LogP contribution >= 0.6 is 0 Å². The molecule has 0 aromatic carbocycles.